The molecular formula is C18H21N5OS. The summed E-state index contributed by atoms with van der Waals surface area (Å²) in [6.07, 6.45) is 2.50. The van der Waals surface area contributed by atoms with Gasteiger partial charge in [-0.05, 0) is 50.1 Å². The van der Waals surface area contributed by atoms with E-state index in [9.17, 15) is 4.79 Å². The van der Waals surface area contributed by atoms with Gasteiger partial charge in [-0.25, -0.2) is 4.79 Å². The van der Waals surface area contributed by atoms with Gasteiger partial charge in [0.2, 0.25) is 0 Å². The second-order valence-corrected chi connectivity index (χ2v) is 6.84. The van der Waals surface area contributed by atoms with Crippen molar-refractivity contribution < 1.29 is 4.79 Å². The molecule has 1 N–H and O–H groups in total. The van der Waals surface area contributed by atoms with Crippen LogP contribution in [0.3, 0.4) is 0 Å². The summed E-state index contributed by atoms with van der Waals surface area (Å²) in [6, 6.07) is 7.73. The van der Waals surface area contributed by atoms with Crippen LogP contribution in [0.1, 0.15) is 23.7 Å². The number of fused-ring (bicyclic) bond motifs is 1. The number of carbonyl (C=O) groups is 1. The number of hydrogen-bond acceptors (Lipinski definition) is 5. The van der Waals surface area contributed by atoms with Crippen LogP contribution in [-0.2, 0) is 6.42 Å². The van der Waals surface area contributed by atoms with Gasteiger partial charge in [0.05, 0.1) is 17.4 Å². The lowest BCUT2D eigenvalue weighted by molar-refractivity contribution is 0.207. The van der Waals surface area contributed by atoms with Crippen LogP contribution in [-0.4, -0.2) is 37.8 Å². The van der Waals surface area contributed by atoms with E-state index >= 15 is 0 Å². The number of carbonyl (C=O) groups excluding carboxylic acids is 1. The van der Waals surface area contributed by atoms with E-state index in [4.69, 9.17) is 0 Å². The predicted octanol–water partition coefficient (Wildman–Crippen LogP) is 3.80. The minimum absolute atomic E-state index is 0.0161. The monoisotopic (exact) mass is 355 g/mol. The quantitative estimate of drug-likeness (QED) is 0.773. The number of hydrogen-bond donors (Lipinski definition) is 1. The number of aryl methyl sites for hydroxylation is 2. The van der Waals surface area contributed by atoms with Crippen LogP contribution >= 0.6 is 11.7 Å². The number of likely N-dealkylation sites (N-methyl/N-ethyl adjacent to an activating group) is 1. The summed E-state index contributed by atoms with van der Waals surface area (Å²) >= 11 is 1.15. The zero-order valence-corrected chi connectivity index (χ0v) is 15.6. The zero-order valence-electron chi connectivity index (χ0n) is 14.8. The number of rotatable bonds is 4. The van der Waals surface area contributed by atoms with Crippen LogP contribution in [0.2, 0.25) is 0 Å². The lowest BCUT2D eigenvalue weighted by Gasteiger charge is -2.25. The van der Waals surface area contributed by atoms with Crippen LogP contribution in [0.25, 0.3) is 11.0 Å². The number of benzene rings is 1. The molecule has 3 rings (SSSR count). The van der Waals surface area contributed by atoms with Gasteiger partial charge in [-0.3, -0.25) is 4.98 Å². The highest BCUT2D eigenvalue weighted by Crippen LogP contribution is 2.26. The maximum Gasteiger partial charge on any atom is 0.321 e. The third-order valence-electron chi connectivity index (χ3n) is 4.33. The second kappa shape index (κ2) is 7.14. The number of nitrogens with zero attached hydrogens (tertiary/aromatic N) is 4. The molecule has 0 radical (unpaired) electrons. The highest BCUT2D eigenvalue weighted by Gasteiger charge is 2.19. The Morgan fingerprint density at radius 1 is 1.28 bits per heavy atom. The molecule has 0 saturated heterocycles. The molecule has 6 nitrogen and oxygen atoms in total. The van der Waals surface area contributed by atoms with E-state index in [0.29, 0.717) is 6.42 Å². The molecule has 2 heterocycles. The van der Waals surface area contributed by atoms with Crippen LogP contribution in [0.15, 0.2) is 30.5 Å². The Labute approximate surface area is 151 Å². The number of amides is 2. The first-order valence-corrected chi connectivity index (χ1v) is 8.86. The second-order valence-electron chi connectivity index (χ2n) is 6.31. The van der Waals surface area contributed by atoms with E-state index < -0.39 is 0 Å². The van der Waals surface area contributed by atoms with Gasteiger partial charge in [-0.2, -0.15) is 8.75 Å². The van der Waals surface area contributed by atoms with Gasteiger partial charge in [0, 0.05) is 31.4 Å². The molecule has 0 bridgehead atoms. The van der Waals surface area contributed by atoms with Crippen molar-refractivity contribution in [2.75, 3.05) is 12.4 Å². The van der Waals surface area contributed by atoms with E-state index in [-0.39, 0.29) is 12.1 Å². The molecule has 0 saturated carbocycles. The standard InChI is InChI=1S/C18H21N5OS/c1-11-7-8-19-14(9-11)10-13(3)23(4)18(24)20-16-12(2)5-6-15-17(16)22-25-21-15/h5-9,13H,10H2,1-4H3,(H,20,24)/t13-/m0/s1. The normalized spacial score (nSPS) is 12.2. The van der Waals surface area contributed by atoms with Gasteiger partial charge in [0.1, 0.15) is 11.0 Å². The molecule has 0 spiro atoms. The average Bonchev–Trinajstić information content (AvgIpc) is 3.05. The maximum atomic E-state index is 12.7. The first kappa shape index (κ1) is 17.3. The van der Waals surface area contributed by atoms with Gasteiger partial charge in [-0.15, -0.1) is 0 Å². The van der Waals surface area contributed by atoms with Crippen LogP contribution in [0.5, 0.6) is 0 Å². The SMILES string of the molecule is Cc1ccnc(C[C@H](C)N(C)C(=O)Nc2c(C)ccc3nsnc23)c1. The molecule has 0 fully saturated rings. The molecule has 3 aromatic rings. The smallest absolute Gasteiger partial charge is 0.321 e. The highest BCUT2D eigenvalue weighted by molar-refractivity contribution is 7.00. The topological polar surface area (TPSA) is 71.0 Å². The molecule has 2 amide bonds. The molecule has 1 atom stereocenters. The molecule has 7 heteroatoms. The predicted molar refractivity (Wildman–Crippen MR) is 101 cm³/mol. The van der Waals surface area contributed by atoms with Crippen molar-refractivity contribution in [3.63, 3.8) is 0 Å². The number of anilines is 1. The first-order chi connectivity index (χ1) is 12.0. The summed E-state index contributed by atoms with van der Waals surface area (Å²) in [5.41, 5.74) is 5.38. The lowest BCUT2D eigenvalue weighted by atomic mass is 10.1. The molecule has 1 aromatic carbocycles. The molecule has 130 valence electrons. The summed E-state index contributed by atoms with van der Waals surface area (Å²) in [4.78, 5) is 18.8. The summed E-state index contributed by atoms with van der Waals surface area (Å²) in [6.45, 7) is 6.01. The average molecular weight is 355 g/mol. The third kappa shape index (κ3) is 3.76. The van der Waals surface area contributed by atoms with E-state index in [0.717, 1.165) is 39.7 Å². The van der Waals surface area contributed by atoms with Crippen molar-refractivity contribution in [1.29, 1.82) is 0 Å². The van der Waals surface area contributed by atoms with E-state index in [1.54, 1.807) is 18.1 Å². The Kier molecular flexibility index (Phi) is 4.94. The molecule has 0 aliphatic rings. The minimum atomic E-state index is -0.163. The Morgan fingerprint density at radius 2 is 2.08 bits per heavy atom. The Bertz CT molecular complexity index is 907. The fourth-order valence-corrected chi connectivity index (χ4v) is 3.20. The van der Waals surface area contributed by atoms with Crippen molar-refractivity contribution in [3.8, 4) is 0 Å². The molecule has 0 aliphatic carbocycles. The highest BCUT2D eigenvalue weighted by atomic mass is 32.1. The molecule has 0 unspecified atom stereocenters. The number of nitrogens with one attached hydrogen (secondary N) is 1. The van der Waals surface area contributed by atoms with Crippen molar-refractivity contribution in [1.82, 2.24) is 18.6 Å². The summed E-state index contributed by atoms with van der Waals surface area (Å²) in [5, 5.41) is 2.99. The van der Waals surface area contributed by atoms with E-state index in [1.807, 2.05) is 45.0 Å². The number of urea groups is 1. The zero-order chi connectivity index (χ0) is 18.0. The first-order valence-electron chi connectivity index (χ1n) is 8.13. The third-order valence-corrected chi connectivity index (χ3v) is 4.87. The van der Waals surface area contributed by atoms with Crippen LogP contribution in [0, 0.1) is 13.8 Å². The summed E-state index contributed by atoms with van der Waals surface area (Å²) in [7, 11) is 1.80. The fraction of sp³-hybridized carbons (Fsp3) is 0.333. The van der Waals surface area contributed by atoms with Crippen molar-refractivity contribution >= 4 is 34.5 Å². The van der Waals surface area contributed by atoms with Crippen molar-refractivity contribution in [3.05, 3.63) is 47.3 Å². The van der Waals surface area contributed by atoms with Gasteiger partial charge in [0.25, 0.3) is 0 Å². The maximum absolute atomic E-state index is 12.7. The van der Waals surface area contributed by atoms with Crippen molar-refractivity contribution in [2.45, 2.75) is 33.2 Å². The van der Waals surface area contributed by atoms with Crippen LogP contribution in [0.4, 0.5) is 10.5 Å². The minimum Gasteiger partial charge on any atom is -0.324 e. The van der Waals surface area contributed by atoms with Gasteiger partial charge in [0.15, 0.2) is 0 Å². The number of aromatic nitrogens is 3. The summed E-state index contributed by atoms with van der Waals surface area (Å²) < 4.78 is 8.53. The lowest BCUT2D eigenvalue weighted by Crippen LogP contribution is -2.39. The Morgan fingerprint density at radius 3 is 2.84 bits per heavy atom. The van der Waals surface area contributed by atoms with E-state index in [1.165, 1.54) is 5.56 Å². The summed E-state index contributed by atoms with van der Waals surface area (Å²) in [5.74, 6) is 0. The van der Waals surface area contributed by atoms with Gasteiger partial charge < -0.3 is 10.2 Å². The molecule has 0 aliphatic heterocycles. The Balaban J connectivity index is 1.73. The van der Waals surface area contributed by atoms with Gasteiger partial charge in [-0.1, -0.05) is 6.07 Å². The van der Waals surface area contributed by atoms with Crippen molar-refractivity contribution in [2.24, 2.45) is 0 Å². The molecule has 25 heavy (non-hydrogen) atoms. The van der Waals surface area contributed by atoms with Gasteiger partial charge >= 0.3 is 6.03 Å². The number of pyridine rings is 1. The molecular weight excluding hydrogens is 334 g/mol. The largest absolute Gasteiger partial charge is 0.324 e. The fourth-order valence-electron chi connectivity index (χ4n) is 2.66. The van der Waals surface area contributed by atoms with E-state index in [2.05, 4.69) is 19.0 Å². The molecule has 2 aromatic heterocycles. The van der Waals surface area contributed by atoms with Crippen LogP contribution < -0.4 is 5.32 Å². The Hall–Kier alpha value is -2.54.